The van der Waals surface area contributed by atoms with Crippen LogP contribution in [0.5, 0.6) is 0 Å². The summed E-state index contributed by atoms with van der Waals surface area (Å²) < 4.78 is 27.0. The van der Waals surface area contributed by atoms with E-state index in [1.807, 2.05) is 6.07 Å². The fourth-order valence-corrected chi connectivity index (χ4v) is 4.65. The number of nitrogens with two attached hydrogens (primary N) is 1. The first-order chi connectivity index (χ1) is 9.89. The fourth-order valence-electron chi connectivity index (χ4n) is 2.41. The summed E-state index contributed by atoms with van der Waals surface area (Å²) >= 11 is 11.9. The molecule has 0 saturated heterocycles. The highest BCUT2D eigenvalue weighted by molar-refractivity contribution is 7.93. The third kappa shape index (κ3) is 2.46. The van der Waals surface area contributed by atoms with Gasteiger partial charge in [-0.05, 0) is 42.3 Å². The van der Waals surface area contributed by atoms with Gasteiger partial charge in [-0.25, -0.2) is 8.42 Å². The maximum absolute atomic E-state index is 12.8. The molecule has 3 rings (SSSR count). The molecule has 0 amide bonds. The van der Waals surface area contributed by atoms with Crippen molar-refractivity contribution in [3.63, 3.8) is 0 Å². The van der Waals surface area contributed by atoms with Crippen molar-refractivity contribution in [3.05, 3.63) is 52.0 Å². The number of anilines is 2. The largest absolute Gasteiger partial charge is 0.399 e. The predicted molar refractivity (Wildman–Crippen MR) is 85.6 cm³/mol. The van der Waals surface area contributed by atoms with E-state index < -0.39 is 10.0 Å². The Bertz CT molecular complexity index is 822. The van der Waals surface area contributed by atoms with Crippen LogP contribution in [0.2, 0.25) is 10.0 Å². The second-order valence-electron chi connectivity index (χ2n) is 4.79. The van der Waals surface area contributed by atoms with Gasteiger partial charge >= 0.3 is 0 Å². The summed E-state index contributed by atoms with van der Waals surface area (Å²) in [6.07, 6.45) is 0.646. The molecule has 7 heteroatoms. The van der Waals surface area contributed by atoms with Crippen LogP contribution >= 0.6 is 23.2 Å². The highest BCUT2D eigenvalue weighted by Gasteiger charge is 2.32. The van der Waals surface area contributed by atoms with Crippen LogP contribution in [0.15, 0.2) is 41.3 Å². The Kier molecular flexibility index (Phi) is 3.51. The summed E-state index contributed by atoms with van der Waals surface area (Å²) in [5, 5.41) is 0.474. The van der Waals surface area contributed by atoms with E-state index in [0.717, 1.165) is 5.56 Å². The molecule has 2 N–H and O–H groups in total. The van der Waals surface area contributed by atoms with Gasteiger partial charge in [0, 0.05) is 17.3 Å². The predicted octanol–water partition coefficient (Wildman–Crippen LogP) is 3.33. The molecule has 21 heavy (non-hydrogen) atoms. The summed E-state index contributed by atoms with van der Waals surface area (Å²) in [4.78, 5) is 0.00643. The van der Waals surface area contributed by atoms with E-state index in [2.05, 4.69) is 0 Å². The zero-order valence-corrected chi connectivity index (χ0v) is 13.2. The minimum absolute atomic E-state index is 0.00643. The normalized spacial score (nSPS) is 14.3. The fraction of sp³-hybridized carbons (Fsp3) is 0.143. The molecule has 2 aromatic carbocycles. The lowest BCUT2D eigenvalue weighted by Gasteiger charge is -2.20. The molecule has 0 atom stereocenters. The number of hydrogen-bond donors (Lipinski definition) is 1. The molecule has 0 aliphatic carbocycles. The first-order valence-corrected chi connectivity index (χ1v) is 8.45. The molecule has 4 nitrogen and oxygen atoms in total. The van der Waals surface area contributed by atoms with Crippen molar-refractivity contribution < 1.29 is 8.42 Å². The zero-order chi connectivity index (χ0) is 15.2. The maximum Gasteiger partial charge on any atom is 0.265 e. The zero-order valence-electron chi connectivity index (χ0n) is 10.9. The van der Waals surface area contributed by atoms with E-state index in [9.17, 15) is 8.42 Å². The van der Waals surface area contributed by atoms with E-state index >= 15 is 0 Å². The molecular weight excluding hydrogens is 331 g/mol. The van der Waals surface area contributed by atoms with Crippen LogP contribution in [0.4, 0.5) is 11.4 Å². The Hall–Kier alpha value is -1.43. The molecule has 0 saturated carbocycles. The summed E-state index contributed by atoms with van der Waals surface area (Å²) in [6, 6.07) is 9.68. The van der Waals surface area contributed by atoms with Crippen molar-refractivity contribution in [2.75, 3.05) is 16.6 Å². The van der Waals surface area contributed by atoms with Crippen LogP contribution in [0, 0.1) is 0 Å². The van der Waals surface area contributed by atoms with Crippen molar-refractivity contribution in [2.45, 2.75) is 11.3 Å². The highest BCUT2D eigenvalue weighted by atomic mass is 35.5. The van der Waals surface area contributed by atoms with Crippen LogP contribution in [0.3, 0.4) is 0 Å². The SMILES string of the molecule is Nc1ccc2c(c1)N(S(=O)(=O)c1cc(Cl)ccc1Cl)CC2. The van der Waals surface area contributed by atoms with Gasteiger partial charge in [-0.3, -0.25) is 4.31 Å². The van der Waals surface area contributed by atoms with Crippen LogP contribution in [0.1, 0.15) is 5.56 Å². The Balaban J connectivity index is 2.13. The van der Waals surface area contributed by atoms with Crippen molar-refractivity contribution in [1.82, 2.24) is 0 Å². The second-order valence-corrected chi connectivity index (χ2v) is 7.46. The number of nitrogen functional groups attached to an aromatic ring is 1. The number of benzene rings is 2. The topological polar surface area (TPSA) is 63.4 Å². The van der Waals surface area contributed by atoms with E-state index in [1.165, 1.54) is 16.4 Å². The molecule has 0 spiro atoms. The van der Waals surface area contributed by atoms with Gasteiger partial charge in [0.1, 0.15) is 4.90 Å². The molecule has 1 aliphatic heterocycles. The Morgan fingerprint density at radius 2 is 1.86 bits per heavy atom. The molecule has 1 aliphatic rings. The van der Waals surface area contributed by atoms with Gasteiger partial charge in [0.25, 0.3) is 10.0 Å². The number of halogens is 2. The van der Waals surface area contributed by atoms with E-state index in [0.29, 0.717) is 29.4 Å². The molecule has 0 unspecified atom stereocenters. The summed E-state index contributed by atoms with van der Waals surface area (Å²) in [6.45, 7) is 0.365. The standard InChI is InChI=1S/C14H12Cl2N2O2S/c15-10-2-4-12(16)14(7-10)21(19,20)18-6-5-9-1-3-11(17)8-13(9)18/h1-4,7-8H,5-6,17H2. The molecule has 2 aromatic rings. The Morgan fingerprint density at radius 3 is 2.62 bits per heavy atom. The summed E-state index contributed by atoms with van der Waals surface area (Å²) in [5.41, 5.74) is 7.83. The van der Waals surface area contributed by atoms with Gasteiger partial charge < -0.3 is 5.73 Å². The summed E-state index contributed by atoms with van der Waals surface area (Å²) in [5.74, 6) is 0. The number of hydrogen-bond acceptors (Lipinski definition) is 3. The molecule has 1 heterocycles. The van der Waals surface area contributed by atoms with Crippen LogP contribution in [-0.4, -0.2) is 15.0 Å². The van der Waals surface area contributed by atoms with Gasteiger partial charge in [0.2, 0.25) is 0 Å². The van der Waals surface area contributed by atoms with Crippen molar-refractivity contribution >= 4 is 44.6 Å². The van der Waals surface area contributed by atoms with E-state index in [4.69, 9.17) is 28.9 Å². The van der Waals surface area contributed by atoms with E-state index in [1.54, 1.807) is 18.2 Å². The highest BCUT2D eigenvalue weighted by Crippen LogP contribution is 2.36. The van der Waals surface area contributed by atoms with Crippen LogP contribution in [0.25, 0.3) is 0 Å². The monoisotopic (exact) mass is 342 g/mol. The minimum atomic E-state index is -3.76. The van der Waals surface area contributed by atoms with Gasteiger partial charge in [-0.1, -0.05) is 29.3 Å². The molecule has 0 fully saturated rings. The lowest BCUT2D eigenvalue weighted by atomic mass is 10.1. The maximum atomic E-state index is 12.8. The van der Waals surface area contributed by atoms with Gasteiger partial charge in [0.05, 0.1) is 10.7 Å². The third-order valence-electron chi connectivity index (χ3n) is 3.42. The Labute approximate surface area is 133 Å². The number of rotatable bonds is 2. The van der Waals surface area contributed by atoms with Crippen LogP contribution in [-0.2, 0) is 16.4 Å². The number of fused-ring (bicyclic) bond motifs is 1. The molecular formula is C14H12Cl2N2O2S. The lowest BCUT2D eigenvalue weighted by Crippen LogP contribution is -2.29. The van der Waals surface area contributed by atoms with Gasteiger partial charge in [0.15, 0.2) is 0 Å². The van der Waals surface area contributed by atoms with Crippen LogP contribution < -0.4 is 10.0 Å². The second kappa shape index (κ2) is 5.09. The average molecular weight is 343 g/mol. The van der Waals surface area contributed by atoms with Gasteiger partial charge in [-0.2, -0.15) is 0 Å². The third-order valence-corrected chi connectivity index (χ3v) is 5.95. The first kappa shape index (κ1) is 14.5. The first-order valence-electron chi connectivity index (χ1n) is 6.26. The lowest BCUT2D eigenvalue weighted by molar-refractivity contribution is 0.592. The average Bonchev–Trinajstić information content (AvgIpc) is 2.85. The van der Waals surface area contributed by atoms with Gasteiger partial charge in [-0.15, -0.1) is 0 Å². The van der Waals surface area contributed by atoms with Crippen molar-refractivity contribution in [2.24, 2.45) is 0 Å². The minimum Gasteiger partial charge on any atom is -0.399 e. The van der Waals surface area contributed by atoms with E-state index in [-0.39, 0.29) is 9.92 Å². The molecule has 0 aromatic heterocycles. The molecule has 110 valence electrons. The Morgan fingerprint density at radius 1 is 1.10 bits per heavy atom. The van der Waals surface area contributed by atoms with Crippen molar-refractivity contribution in [1.29, 1.82) is 0 Å². The molecule has 0 bridgehead atoms. The quantitative estimate of drug-likeness (QED) is 0.851. The smallest absolute Gasteiger partial charge is 0.265 e. The molecule has 0 radical (unpaired) electrons. The number of nitrogens with zero attached hydrogens (tertiary/aromatic N) is 1. The number of sulfonamides is 1. The summed E-state index contributed by atoms with van der Waals surface area (Å²) in [7, 11) is -3.76. The van der Waals surface area contributed by atoms with Crippen molar-refractivity contribution in [3.8, 4) is 0 Å².